The van der Waals surface area contributed by atoms with E-state index in [0.717, 1.165) is 56.5 Å². The van der Waals surface area contributed by atoms with Crippen molar-refractivity contribution in [3.63, 3.8) is 0 Å². The van der Waals surface area contributed by atoms with Gasteiger partial charge in [-0.1, -0.05) is 49.8 Å². The van der Waals surface area contributed by atoms with Gasteiger partial charge in [0.2, 0.25) is 0 Å². The van der Waals surface area contributed by atoms with Gasteiger partial charge in [-0.3, -0.25) is 9.79 Å². The number of aromatic nitrogens is 1. The van der Waals surface area contributed by atoms with Crippen LogP contribution in [0.25, 0.3) is 12.2 Å². The van der Waals surface area contributed by atoms with Crippen LogP contribution in [0.4, 0.5) is 0 Å². The van der Waals surface area contributed by atoms with E-state index in [-0.39, 0.29) is 101 Å². The number of carbonyl (C=O) groups is 1. The Kier molecular flexibility index (Phi) is 12.5. The van der Waals surface area contributed by atoms with Gasteiger partial charge in [-0.2, -0.15) is 5.95 Å². The first-order valence-corrected chi connectivity index (χ1v) is 14.8. The number of fused-ring (bicyclic) bond motifs is 5. The molecular formula is C35H37KN4O4Zn. The largest absolute Gasteiger partial charge is 2.00 e. The minimum Gasteiger partial charge on any atom is -0.883 e. The Morgan fingerprint density at radius 3 is 2.36 bits per heavy atom. The molecule has 1 aromatic rings. The predicted molar refractivity (Wildman–Crippen MR) is 166 cm³/mol. The van der Waals surface area contributed by atoms with E-state index in [1.165, 1.54) is 0 Å². The van der Waals surface area contributed by atoms with Crippen molar-refractivity contribution in [3.8, 4) is 0 Å². The molecule has 224 valence electrons. The van der Waals surface area contributed by atoms with Crippen LogP contribution in [0, 0.1) is 18.8 Å². The molecule has 5 heterocycles. The number of hydrogen-bond acceptors (Lipinski definition) is 7. The molecule has 0 saturated carbocycles. The number of allylic oxidation sites excluding steroid dienone is 9. The molecule has 0 N–H and O–H groups in total. The van der Waals surface area contributed by atoms with Gasteiger partial charge in [0.25, 0.3) is 0 Å². The zero-order valence-electron chi connectivity index (χ0n) is 27.6. The minimum atomic E-state index is -1.29. The Balaban J connectivity index is 0.00000276. The van der Waals surface area contributed by atoms with Gasteiger partial charge in [-0.25, -0.2) is 9.98 Å². The standard InChI is InChI=1S/C35H39N4O4.K.Zn/c1-9-22-17(4)25-14-27-19(6)24(12-13-31(40)43-11-3)33(38-27)21(8)34-32(35(41)42)20(7)28(39-34)16-30-23(10-2)18(5)26(37-30)15-29(22)36-25;;/h9,14-16,19,24H,1,10-13H2,2-8H3,(H2-,36,37,38,39,41,42);;/q-1;+1;+2/p-2/t19-,24-;;/m0../s1. The third-order valence-electron chi connectivity index (χ3n) is 8.89. The maximum Gasteiger partial charge on any atom is 2.00 e. The van der Waals surface area contributed by atoms with Crippen molar-refractivity contribution < 1.29 is 90.6 Å². The van der Waals surface area contributed by atoms with Crippen LogP contribution in [0.3, 0.4) is 0 Å². The van der Waals surface area contributed by atoms with Crippen LogP contribution >= 0.6 is 0 Å². The molecule has 0 radical (unpaired) electrons. The van der Waals surface area contributed by atoms with Gasteiger partial charge in [-0.05, 0) is 75.8 Å². The van der Waals surface area contributed by atoms with E-state index in [4.69, 9.17) is 24.7 Å². The van der Waals surface area contributed by atoms with Crippen LogP contribution in [0.15, 0.2) is 84.6 Å². The molecule has 0 amide bonds. The van der Waals surface area contributed by atoms with Crippen molar-refractivity contribution in [2.45, 2.75) is 67.7 Å². The SMILES string of the molecule is C=CC1=C(C)C2=CC3=NC(=C(C)C4=NC(=C(C)C4=C([O-])[O-])C=c4[n-]c(c(C)c4CC)=CC1=N2)[C@@H](CCC(=O)OCC)[C@@H]3C.[K+].[Zn+2]. The van der Waals surface area contributed by atoms with Gasteiger partial charge in [0.15, 0.2) is 0 Å². The molecule has 8 nitrogen and oxygen atoms in total. The van der Waals surface area contributed by atoms with Gasteiger partial charge < -0.3 is 19.9 Å². The normalized spacial score (nSPS) is 20.4. The fraction of sp³-hybridized carbons (Fsp3) is 0.371. The quantitative estimate of drug-likeness (QED) is 0.236. The molecule has 2 atom stereocenters. The molecular weight excluding hydrogens is 645 g/mol. The zero-order chi connectivity index (χ0) is 31.2. The van der Waals surface area contributed by atoms with E-state index in [0.29, 0.717) is 41.3 Å². The van der Waals surface area contributed by atoms with Crippen molar-refractivity contribution in [1.29, 1.82) is 0 Å². The molecule has 1 aromatic heterocycles. The Hall–Kier alpha value is -2.20. The van der Waals surface area contributed by atoms with Crippen molar-refractivity contribution in [3.05, 3.63) is 91.5 Å². The first kappa shape index (κ1) is 37.3. The molecule has 0 saturated heterocycles. The summed E-state index contributed by atoms with van der Waals surface area (Å²) >= 11 is 0. The summed E-state index contributed by atoms with van der Waals surface area (Å²) in [7, 11) is 0. The number of carbonyl (C=O) groups excluding carboxylic acids is 1. The third kappa shape index (κ3) is 6.92. The topological polar surface area (TPSA) is 124 Å². The number of hydrogen-bond donors (Lipinski definition) is 0. The smallest absolute Gasteiger partial charge is 0.883 e. The number of nitrogens with zero attached hydrogens (tertiary/aromatic N) is 4. The fourth-order valence-corrected chi connectivity index (χ4v) is 6.38. The Bertz CT molecular complexity index is 1830. The average Bonchev–Trinajstić information content (AvgIpc) is 3.64. The minimum absolute atomic E-state index is 0. The second-order valence-electron chi connectivity index (χ2n) is 11.3. The van der Waals surface area contributed by atoms with Crippen LogP contribution in [0.5, 0.6) is 0 Å². The van der Waals surface area contributed by atoms with Crippen LogP contribution in [0.1, 0.15) is 65.5 Å². The Morgan fingerprint density at radius 2 is 1.73 bits per heavy atom. The van der Waals surface area contributed by atoms with Gasteiger partial charge in [0.1, 0.15) is 0 Å². The molecule has 10 heteroatoms. The van der Waals surface area contributed by atoms with E-state index >= 15 is 0 Å². The zero-order valence-corrected chi connectivity index (χ0v) is 33.7. The summed E-state index contributed by atoms with van der Waals surface area (Å²) in [6.07, 6.45) is 9.13. The second-order valence-corrected chi connectivity index (χ2v) is 11.3. The molecule has 0 fully saturated rings. The van der Waals surface area contributed by atoms with E-state index in [2.05, 4.69) is 20.4 Å². The van der Waals surface area contributed by atoms with Gasteiger partial charge in [-0.15, -0.1) is 10.7 Å². The predicted octanol–water partition coefficient (Wildman–Crippen LogP) is -0.0833. The third-order valence-corrected chi connectivity index (χ3v) is 8.89. The first-order chi connectivity index (χ1) is 20.5. The van der Waals surface area contributed by atoms with Crippen LogP contribution in [-0.2, 0) is 35.4 Å². The van der Waals surface area contributed by atoms with Crippen molar-refractivity contribution in [2.75, 3.05) is 6.61 Å². The van der Waals surface area contributed by atoms with Crippen LogP contribution in [-0.4, -0.2) is 29.7 Å². The summed E-state index contributed by atoms with van der Waals surface area (Å²) in [6.45, 7) is 18.0. The van der Waals surface area contributed by atoms with E-state index < -0.39 is 5.95 Å². The van der Waals surface area contributed by atoms with E-state index in [1.54, 1.807) is 13.8 Å². The number of rotatable bonds is 6. The molecule has 4 aliphatic heterocycles. The average molecular weight is 682 g/mol. The molecule has 0 aliphatic carbocycles. The van der Waals surface area contributed by atoms with Crippen molar-refractivity contribution >= 4 is 35.3 Å². The maximum absolute atomic E-state index is 12.5. The summed E-state index contributed by atoms with van der Waals surface area (Å²) in [4.78, 5) is 32.2. The fourth-order valence-electron chi connectivity index (χ4n) is 6.38. The molecule has 0 aromatic carbocycles. The summed E-state index contributed by atoms with van der Waals surface area (Å²) in [5.74, 6) is -1.78. The molecule has 5 rings (SSSR count). The summed E-state index contributed by atoms with van der Waals surface area (Å²) in [5.41, 5.74) is 9.19. The van der Waals surface area contributed by atoms with Gasteiger partial charge in [0, 0.05) is 35.2 Å². The van der Waals surface area contributed by atoms with Crippen LogP contribution in [0.2, 0.25) is 0 Å². The van der Waals surface area contributed by atoms with Gasteiger partial charge in [0.05, 0.1) is 29.4 Å². The molecule has 0 spiro atoms. The van der Waals surface area contributed by atoms with Crippen molar-refractivity contribution in [2.24, 2.45) is 26.8 Å². The Morgan fingerprint density at radius 1 is 1.02 bits per heavy atom. The monoisotopic (exact) mass is 680 g/mol. The van der Waals surface area contributed by atoms with Gasteiger partial charge >= 0.3 is 76.8 Å². The number of esters is 1. The number of ether oxygens (including phenoxy) is 1. The summed E-state index contributed by atoms with van der Waals surface area (Å²) in [5, 5.41) is 26.6. The Labute approximate surface area is 320 Å². The van der Waals surface area contributed by atoms with Crippen molar-refractivity contribution in [1.82, 2.24) is 4.98 Å². The maximum atomic E-state index is 12.5. The second kappa shape index (κ2) is 15.1. The molecule has 8 bridgehead atoms. The van der Waals surface area contributed by atoms with Crippen LogP contribution < -0.4 is 77.3 Å². The summed E-state index contributed by atoms with van der Waals surface area (Å²) in [6, 6.07) is 0. The van der Waals surface area contributed by atoms with E-state index in [9.17, 15) is 15.0 Å². The summed E-state index contributed by atoms with van der Waals surface area (Å²) < 4.78 is 5.21. The van der Waals surface area contributed by atoms with E-state index in [1.807, 2.05) is 45.1 Å². The molecule has 0 unspecified atom stereocenters. The molecule has 4 aliphatic rings. The number of aliphatic imine (C=N–C) groups is 3. The first-order valence-electron chi connectivity index (χ1n) is 14.8. The molecule has 45 heavy (non-hydrogen) atoms.